The molecule has 28 heavy (non-hydrogen) atoms. The van der Waals surface area contributed by atoms with Gasteiger partial charge >= 0.3 is 23.9 Å². The van der Waals surface area contributed by atoms with Crippen molar-refractivity contribution in [2.24, 2.45) is 0 Å². The molecular weight excluding hydrogens is 378 g/mol. The molecule has 12 nitrogen and oxygen atoms in total. The second kappa shape index (κ2) is 9.26. The Balaban J connectivity index is 2.40. The molecule has 0 amide bonds. The van der Waals surface area contributed by atoms with E-state index in [-0.39, 0.29) is 18.9 Å². The van der Waals surface area contributed by atoms with Gasteiger partial charge in [0.25, 0.3) is 0 Å². The summed E-state index contributed by atoms with van der Waals surface area (Å²) in [6.07, 6.45) is -1.52. The molecule has 0 aliphatic carbocycles. The van der Waals surface area contributed by atoms with E-state index in [1.54, 1.807) is 0 Å². The predicted molar refractivity (Wildman–Crippen MR) is 87.9 cm³/mol. The van der Waals surface area contributed by atoms with Crippen molar-refractivity contribution in [1.82, 2.24) is 15.0 Å². The molecule has 0 aromatic carbocycles. The molecule has 2 rings (SSSR count). The molecule has 2 heterocycles. The molecule has 0 radical (unpaired) electrons. The molecular formula is C16H21N3O9. The molecule has 0 unspecified atom stereocenters. The van der Waals surface area contributed by atoms with Gasteiger partial charge < -0.3 is 23.7 Å². The fraction of sp³-hybridized carbons (Fsp3) is 0.625. The second-order valence-electron chi connectivity index (χ2n) is 5.96. The zero-order valence-corrected chi connectivity index (χ0v) is 15.8. The Labute approximate surface area is 160 Å². The summed E-state index contributed by atoms with van der Waals surface area (Å²) in [5, 5.41) is 7.59. The van der Waals surface area contributed by atoms with E-state index in [1.807, 2.05) is 0 Å². The van der Waals surface area contributed by atoms with Crippen LogP contribution in [0.1, 0.15) is 37.3 Å². The molecule has 12 heteroatoms. The average molecular weight is 399 g/mol. The van der Waals surface area contributed by atoms with E-state index in [9.17, 15) is 19.2 Å². The van der Waals surface area contributed by atoms with Gasteiger partial charge in [-0.2, -0.15) is 0 Å². The molecule has 0 bridgehead atoms. The number of aromatic nitrogens is 3. The molecule has 1 saturated heterocycles. The average Bonchev–Trinajstić information content (AvgIpc) is 3.09. The number of carbonyl (C=O) groups excluding carboxylic acids is 4. The third kappa shape index (κ3) is 5.25. The summed E-state index contributed by atoms with van der Waals surface area (Å²) in [6, 6.07) is -0.881. The van der Waals surface area contributed by atoms with Crippen LogP contribution in [0.5, 0.6) is 0 Å². The minimum atomic E-state index is -1.04. The number of esters is 4. The fourth-order valence-electron chi connectivity index (χ4n) is 2.78. The number of rotatable bonds is 6. The number of ether oxygens (including phenoxy) is 5. The standard InChI is InChI=1S/C16H21N3O9/c1-8(20)25-7-13-15(28-10(3)22)14(12(6-26-13)27-9(2)21)19-5-11(17-18-19)16(23)24-4/h5,12-15H,6-7H2,1-4H3/t12-,13+,14+,15-/m0/s1. The lowest BCUT2D eigenvalue weighted by Crippen LogP contribution is -2.54. The Kier molecular flexibility index (Phi) is 7.04. The van der Waals surface area contributed by atoms with Crippen molar-refractivity contribution in [2.45, 2.75) is 45.1 Å². The molecule has 1 aliphatic heterocycles. The van der Waals surface area contributed by atoms with Crippen LogP contribution in [0.2, 0.25) is 0 Å². The third-order valence-electron chi connectivity index (χ3n) is 3.84. The minimum Gasteiger partial charge on any atom is -0.464 e. The first-order valence-corrected chi connectivity index (χ1v) is 8.32. The fourth-order valence-corrected chi connectivity index (χ4v) is 2.78. The van der Waals surface area contributed by atoms with Gasteiger partial charge in [0.05, 0.1) is 19.9 Å². The first-order valence-electron chi connectivity index (χ1n) is 8.32. The summed E-state index contributed by atoms with van der Waals surface area (Å²) >= 11 is 0. The van der Waals surface area contributed by atoms with Crippen LogP contribution in [0.25, 0.3) is 0 Å². The van der Waals surface area contributed by atoms with Crippen LogP contribution in [0.3, 0.4) is 0 Å². The molecule has 1 fully saturated rings. The summed E-state index contributed by atoms with van der Waals surface area (Å²) in [5.74, 6) is -2.49. The van der Waals surface area contributed by atoms with Crippen molar-refractivity contribution >= 4 is 23.9 Å². The molecule has 0 N–H and O–H groups in total. The number of methoxy groups -OCH3 is 1. The Bertz CT molecular complexity index is 747. The molecule has 1 aliphatic rings. The van der Waals surface area contributed by atoms with Gasteiger partial charge in [-0.1, -0.05) is 5.21 Å². The monoisotopic (exact) mass is 399 g/mol. The summed E-state index contributed by atoms with van der Waals surface area (Å²) in [6.45, 7) is 3.35. The predicted octanol–water partition coefficient (Wildman–Crippen LogP) is -0.569. The smallest absolute Gasteiger partial charge is 0.360 e. The van der Waals surface area contributed by atoms with Crippen molar-refractivity contribution in [3.8, 4) is 0 Å². The molecule has 1 aromatic heterocycles. The van der Waals surface area contributed by atoms with Crippen molar-refractivity contribution in [1.29, 1.82) is 0 Å². The van der Waals surface area contributed by atoms with Crippen LogP contribution in [0, 0.1) is 0 Å². The van der Waals surface area contributed by atoms with E-state index in [1.165, 1.54) is 38.8 Å². The van der Waals surface area contributed by atoms with Gasteiger partial charge in [-0.05, 0) is 0 Å². The lowest BCUT2D eigenvalue weighted by Gasteiger charge is -2.40. The zero-order valence-electron chi connectivity index (χ0n) is 15.8. The van der Waals surface area contributed by atoms with Crippen LogP contribution in [-0.2, 0) is 38.1 Å². The van der Waals surface area contributed by atoms with Crippen molar-refractivity contribution in [3.63, 3.8) is 0 Å². The maximum absolute atomic E-state index is 11.7. The largest absolute Gasteiger partial charge is 0.464 e. The number of hydrogen-bond acceptors (Lipinski definition) is 11. The lowest BCUT2D eigenvalue weighted by molar-refractivity contribution is -0.205. The third-order valence-corrected chi connectivity index (χ3v) is 3.84. The van der Waals surface area contributed by atoms with Crippen LogP contribution >= 0.6 is 0 Å². The van der Waals surface area contributed by atoms with Gasteiger partial charge in [-0.25, -0.2) is 9.48 Å². The maximum atomic E-state index is 11.7. The van der Waals surface area contributed by atoms with Crippen LogP contribution in [0.15, 0.2) is 6.20 Å². The van der Waals surface area contributed by atoms with E-state index in [2.05, 4.69) is 15.0 Å². The minimum absolute atomic E-state index is 0.0820. The molecule has 0 spiro atoms. The topological polar surface area (TPSA) is 145 Å². The second-order valence-corrected chi connectivity index (χ2v) is 5.96. The van der Waals surface area contributed by atoms with Crippen molar-refractivity contribution in [2.75, 3.05) is 20.3 Å². The number of hydrogen-bond donors (Lipinski definition) is 0. The first kappa shape index (κ1) is 21.3. The Morgan fingerprint density at radius 3 is 2.39 bits per heavy atom. The summed E-state index contributed by atoms with van der Waals surface area (Å²) in [4.78, 5) is 46.0. The van der Waals surface area contributed by atoms with Gasteiger partial charge in [-0.15, -0.1) is 5.10 Å². The van der Waals surface area contributed by atoms with E-state index in [0.717, 1.165) is 0 Å². The SMILES string of the molecule is COC(=O)c1cn([C@H]2[C@@H](OC(C)=O)[C@@H](COC(C)=O)OC[C@@H]2OC(C)=O)nn1. The van der Waals surface area contributed by atoms with Crippen LogP contribution in [-0.4, -0.2) is 77.5 Å². The van der Waals surface area contributed by atoms with Crippen molar-refractivity contribution < 1.29 is 42.9 Å². The van der Waals surface area contributed by atoms with Crippen molar-refractivity contribution in [3.05, 3.63) is 11.9 Å². The van der Waals surface area contributed by atoms with E-state index in [4.69, 9.17) is 18.9 Å². The van der Waals surface area contributed by atoms with Gasteiger partial charge in [0.1, 0.15) is 18.8 Å². The molecule has 4 atom stereocenters. The van der Waals surface area contributed by atoms with E-state index in [0.29, 0.717) is 0 Å². The van der Waals surface area contributed by atoms with E-state index >= 15 is 0 Å². The van der Waals surface area contributed by atoms with Crippen LogP contribution in [0.4, 0.5) is 0 Å². The number of nitrogens with zero attached hydrogens (tertiary/aromatic N) is 3. The highest BCUT2D eigenvalue weighted by molar-refractivity contribution is 5.86. The van der Waals surface area contributed by atoms with Gasteiger partial charge in [0.2, 0.25) is 0 Å². The summed E-state index contributed by atoms with van der Waals surface area (Å²) in [5.41, 5.74) is -0.0892. The Morgan fingerprint density at radius 1 is 1.14 bits per heavy atom. The van der Waals surface area contributed by atoms with Gasteiger partial charge in [0.15, 0.2) is 17.9 Å². The normalized spacial score (nSPS) is 24.1. The van der Waals surface area contributed by atoms with E-state index < -0.39 is 48.2 Å². The molecule has 0 saturated carbocycles. The quantitative estimate of drug-likeness (QED) is 0.448. The highest BCUT2D eigenvalue weighted by Crippen LogP contribution is 2.31. The highest BCUT2D eigenvalue weighted by atomic mass is 16.6. The Morgan fingerprint density at radius 2 is 1.82 bits per heavy atom. The summed E-state index contributed by atoms with van der Waals surface area (Å²) < 4.78 is 27.0. The Hall–Kier alpha value is -3.02. The van der Waals surface area contributed by atoms with Crippen LogP contribution < -0.4 is 0 Å². The lowest BCUT2D eigenvalue weighted by atomic mass is 9.97. The number of carbonyl (C=O) groups is 4. The maximum Gasteiger partial charge on any atom is 0.360 e. The molecule has 1 aromatic rings. The highest BCUT2D eigenvalue weighted by Gasteiger charge is 2.47. The van der Waals surface area contributed by atoms with Gasteiger partial charge in [-0.3, -0.25) is 14.4 Å². The summed E-state index contributed by atoms with van der Waals surface area (Å²) in [7, 11) is 1.19. The zero-order chi connectivity index (χ0) is 20.8. The van der Waals surface area contributed by atoms with Gasteiger partial charge in [0, 0.05) is 20.8 Å². The first-order chi connectivity index (χ1) is 13.2. The molecule has 154 valence electrons.